The number of piperidine rings is 1. The van der Waals surface area contributed by atoms with Crippen LogP contribution in [0.3, 0.4) is 0 Å². The Bertz CT molecular complexity index is 1000. The number of carbonyl (C=O) groups is 1. The Kier molecular flexibility index (Phi) is 4.76. The summed E-state index contributed by atoms with van der Waals surface area (Å²) >= 11 is 0. The number of rotatable bonds is 4. The SMILES string of the molecule is O=C(C1CC1)N1CCCC(c2nc(-c3ccccn3)ncc2-c2ccncc2)C1. The Morgan fingerprint density at radius 1 is 1.00 bits per heavy atom. The van der Waals surface area contributed by atoms with Crippen molar-refractivity contribution in [3.63, 3.8) is 0 Å². The zero-order valence-corrected chi connectivity index (χ0v) is 16.2. The predicted octanol–water partition coefficient (Wildman–Crippen LogP) is 3.72. The van der Waals surface area contributed by atoms with Gasteiger partial charge in [-0.25, -0.2) is 9.97 Å². The van der Waals surface area contributed by atoms with Crippen LogP contribution in [0.25, 0.3) is 22.6 Å². The quantitative estimate of drug-likeness (QED) is 0.684. The molecule has 1 unspecified atom stereocenters. The Balaban J connectivity index is 1.54. The van der Waals surface area contributed by atoms with Crippen molar-refractivity contribution in [2.45, 2.75) is 31.6 Å². The predicted molar refractivity (Wildman–Crippen MR) is 110 cm³/mol. The highest BCUT2D eigenvalue weighted by atomic mass is 16.2. The van der Waals surface area contributed by atoms with Crippen LogP contribution >= 0.6 is 0 Å². The normalized spacial score (nSPS) is 19.2. The van der Waals surface area contributed by atoms with E-state index in [4.69, 9.17) is 4.98 Å². The number of hydrogen-bond donors (Lipinski definition) is 0. The lowest BCUT2D eigenvalue weighted by Crippen LogP contribution is -2.40. The molecule has 29 heavy (non-hydrogen) atoms. The molecule has 1 aliphatic heterocycles. The van der Waals surface area contributed by atoms with E-state index in [0.717, 1.165) is 61.3 Å². The molecule has 146 valence electrons. The topological polar surface area (TPSA) is 71.9 Å². The van der Waals surface area contributed by atoms with Crippen LogP contribution in [0.2, 0.25) is 0 Å². The van der Waals surface area contributed by atoms with Gasteiger partial charge in [-0.05, 0) is 55.5 Å². The summed E-state index contributed by atoms with van der Waals surface area (Å²) in [7, 11) is 0. The molecule has 0 N–H and O–H groups in total. The summed E-state index contributed by atoms with van der Waals surface area (Å²) in [6.07, 6.45) is 11.3. The molecule has 6 heteroatoms. The average molecular weight is 385 g/mol. The van der Waals surface area contributed by atoms with Crippen molar-refractivity contribution in [2.24, 2.45) is 5.92 Å². The van der Waals surface area contributed by atoms with Crippen molar-refractivity contribution in [3.05, 3.63) is 60.8 Å². The van der Waals surface area contributed by atoms with Gasteiger partial charge in [0.1, 0.15) is 5.69 Å². The minimum Gasteiger partial charge on any atom is -0.342 e. The number of likely N-dealkylation sites (tertiary alicyclic amines) is 1. The number of nitrogens with zero attached hydrogens (tertiary/aromatic N) is 5. The second-order valence-electron chi connectivity index (χ2n) is 7.84. The zero-order chi connectivity index (χ0) is 19.6. The van der Waals surface area contributed by atoms with Gasteiger partial charge in [-0.3, -0.25) is 14.8 Å². The highest BCUT2D eigenvalue weighted by molar-refractivity contribution is 5.81. The smallest absolute Gasteiger partial charge is 0.225 e. The number of hydrogen-bond acceptors (Lipinski definition) is 5. The Morgan fingerprint density at radius 2 is 1.86 bits per heavy atom. The van der Waals surface area contributed by atoms with Gasteiger partial charge in [0.25, 0.3) is 0 Å². The molecule has 4 heterocycles. The van der Waals surface area contributed by atoms with Crippen molar-refractivity contribution >= 4 is 5.91 Å². The molecule has 1 amide bonds. The summed E-state index contributed by atoms with van der Waals surface area (Å²) in [5.74, 6) is 1.39. The highest BCUT2D eigenvalue weighted by Gasteiger charge is 2.36. The monoisotopic (exact) mass is 385 g/mol. The van der Waals surface area contributed by atoms with E-state index >= 15 is 0 Å². The molecule has 3 aromatic rings. The van der Waals surface area contributed by atoms with Crippen LogP contribution in [-0.2, 0) is 4.79 Å². The molecule has 2 aliphatic rings. The third kappa shape index (κ3) is 3.75. The van der Waals surface area contributed by atoms with Gasteiger partial charge in [-0.15, -0.1) is 0 Å². The van der Waals surface area contributed by atoms with E-state index in [0.29, 0.717) is 11.7 Å². The third-order valence-corrected chi connectivity index (χ3v) is 5.75. The van der Waals surface area contributed by atoms with Crippen LogP contribution in [0.5, 0.6) is 0 Å². The first-order chi connectivity index (χ1) is 14.3. The van der Waals surface area contributed by atoms with Crippen LogP contribution in [0, 0.1) is 5.92 Å². The van der Waals surface area contributed by atoms with Gasteiger partial charge in [0, 0.05) is 55.3 Å². The number of amides is 1. The Labute approximate surface area is 170 Å². The molecular weight excluding hydrogens is 362 g/mol. The second-order valence-corrected chi connectivity index (χ2v) is 7.84. The van der Waals surface area contributed by atoms with Crippen molar-refractivity contribution in [1.29, 1.82) is 0 Å². The number of pyridine rings is 2. The molecule has 0 radical (unpaired) electrons. The first-order valence-electron chi connectivity index (χ1n) is 10.3. The summed E-state index contributed by atoms with van der Waals surface area (Å²) in [6, 6.07) is 9.73. The minimum atomic E-state index is 0.195. The molecule has 6 nitrogen and oxygen atoms in total. The fourth-order valence-electron chi connectivity index (χ4n) is 4.07. The lowest BCUT2D eigenvalue weighted by atomic mass is 9.90. The summed E-state index contributed by atoms with van der Waals surface area (Å²) in [5, 5.41) is 0. The van der Waals surface area contributed by atoms with Crippen molar-refractivity contribution in [1.82, 2.24) is 24.8 Å². The first-order valence-corrected chi connectivity index (χ1v) is 10.3. The summed E-state index contributed by atoms with van der Waals surface area (Å²) in [5.41, 5.74) is 3.82. The largest absolute Gasteiger partial charge is 0.342 e. The summed E-state index contributed by atoms with van der Waals surface area (Å²) in [4.78, 5) is 32.8. The summed E-state index contributed by atoms with van der Waals surface area (Å²) in [6.45, 7) is 1.58. The molecule has 0 aromatic carbocycles. The van der Waals surface area contributed by atoms with Gasteiger partial charge in [0.05, 0.1) is 5.69 Å². The van der Waals surface area contributed by atoms with Gasteiger partial charge >= 0.3 is 0 Å². The molecule has 5 rings (SSSR count). The van der Waals surface area contributed by atoms with Gasteiger partial charge in [0.2, 0.25) is 5.91 Å². The van der Waals surface area contributed by atoms with E-state index in [-0.39, 0.29) is 11.8 Å². The van der Waals surface area contributed by atoms with E-state index in [1.54, 1.807) is 18.6 Å². The summed E-state index contributed by atoms with van der Waals surface area (Å²) < 4.78 is 0. The highest BCUT2D eigenvalue weighted by Crippen LogP contribution is 2.37. The van der Waals surface area contributed by atoms with Gasteiger partial charge in [-0.2, -0.15) is 0 Å². The van der Waals surface area contributed by atoms with Crippen LogP contribution in [0.1, 0.15) is 37.3 Å². The van der Waals surface area contributed by atoms with Crippen LogP contribution in [-0.4, -0.2) is 43.8 Å². The van der Waals surface area contributed by atoms with Crippen LogP contribution in [0.4, 0.5) is 0 Å². The van der Waals surface area contributed by atoms with Gasteiger partial charge in [-0.1, -0.05) is 6.07 Å². The fourth-order valence-corrected chi connectivity index (χ4v) is 4.07. The lowest BCUT2D eigenvalue weighted by Gasteiger charge is -2.33. The maximum atomic E-state index is 12.7. The maximum Gasteiger partial charge on any atom is 0.225 e. The van der Waals surface area contributed by atoms with E-state index in [9.17, 15) is 4.79 Å². The van der Waals surface area contributed by atoms with E-state index in [1.165, 1.54) is 0 Å². The van der Waals surface area contributed by atoms with Crippen LogP contribution < -0.4 is 0 Å². The molecule has 0 bridgehead atoms. The maximum absolute atomic E-state index is 12.7. The van der Waals surface area contributed by atoms with Crippen molar-refractivity contribution in [3.8, 4) is 22.6 Å². The van der Waals surface area contributed by atoms with Crippen molar-refractivity contribution < 1.29 is 4.79 Å². The van der Waals surface area contributed by atoms with Crippen LogP contribution in [0.15, 0.2) is 55.1 Å². The first kappa shape index (κ1) is 17.9. The molecule has 1 saturated heterocycles. The molecule has 3 aromatic heterocycles. The lowest BCUT2D eigenvalue weighted by molar-refractivity contribution is -0.133. The molecule has 1 atom stereocenters. The number of carbonyl (C=O) groups excluding carboxylic acids is 1. The molecule has 0 spiro atoms. The standard InChI is InChI=1S/C23H23N5O/c29-23(17-6-7-17)28-13-3-4-18(15-28)21-19(16-8-11-24-12-9-16)14-26-22(27-21)20-5-1-2-10-25-20/h1-2,5,8-12,14,17-18H,3-4,6-7,13,15H2. The third-order valence-electron chi connectivity index (χ3n) is 5.75. The van der Waals surface area contributed by atoms with Gasteiger partial charge < -0.3 is 4.90 Å². The van der Waals surface area contributed by atoms with E-state index in [1.807, 2.05) is 41.4 Å². The zero-order valence-electron chi connectivity index (χ0n) is 16.2. The van der Waals surface area contributed by atoms with E-state index in [2.05, 4.69) is 15.0 Å². The Morgan fingerprint density at radius 3 is 2.62 bits per heavy atom. The van der Waals surface area contributed by atoms with Crippen molar-refractivity contribution in [2.75, 3.05) is 13.1 Å². The molecule has 1 aliphatic carbocycles. The minimum absolute atomic E-state index is 0.195. The van der Waals surface area contributed by atoms with E-state index < -0.39 is 0 Å². The van der Waals surface area contributed by atoms with Gasteiger partial charge in [0.15, 0.2) is 5.82 Å². The number of aromatic nitrogens is 4. The fraction of sp³-hybridized carbons (Fsp3) is 0.348. The second kappa shape index (κ2) is 7.70. The molecule has 1 saturated carbocycles. The molecular formula is C23H23N5O. The average Bonchev–Trinajstić information content (AvgIpc) is 3.65. The Hall–Kier alpha value is -3.15. The molecule has 2 fully saturated rings.